The highest BCUT2D eigenvalue weighted by Gasteiger charge is 2.18. The lowest BCUT2D eigenvalue weighted by Crippen LogP contribution is -2.25. The van der Waals surface area contributed by atoms with Crippen LogP contribution < -0.4 is 5.32 Å². The molecule has 1 fully saturated rings. The van der Waals surface area contributed by atoms with Crippen molar-refractivity contribution < 1.29 is 9.18 Å². The number of benzene rings is 2. The van der Waals surface area contributed by atoms with Crippen LogP contribution in [0.25, 0.3) is 0 Å². The predicted octanol–water partition coefficient (Wildman–Crippen LogP) is 4.28. The Kier molecular flexibility index (Phi) is 5.62. The van der Waals surface area contributed by atoms with E-state index in [2.05, 4.69) is 5.32 Å². The fourth-order valence-electron chi connectivity index (χ4n) is 2.46. The monoisotopic (exact) mass is 347 g/mol. The lowest BCUT2D eigenvalue weighted by molar-refractivity contribution is 0.0954. The standard InChI is InChI=1S/C18H18FNOS2/c19-16-4-2-1-3-13(16)9-10-20-17(21)14-5-7-15(8-6-14)18-22-11-12-23-18/h1-8,18H,9-12H2,(H,20,21). The largest absolute Gasteiger partial charge is 0.352 e. The Morgan fingerprint density at radius 2 is 1.78 bits per heavy atom. The number of nitrogens with one attached hydrogen (secondary N) is 1. The number of thioether (sulfide) groups is 2. The van der Waals surface area contributed by atoms with E-state index in [0.717, 1.165) is 0 Å². The van der Waals surface area contributed by atoms with Gasteiger partial charge in [0.05, 0.1) is 4.58 Å². The normalized spacial score (nSPS) is 14.8. The van der Waals surface area contributed by atoms with Crippen LogP contribution in [0.3, 0.4) is 0 Å². The number of hydrogen-bond donors (Lipinski definition) is 1. The van der Waals surface area contributed by atoms with Gasteiger partial charge < -0.3 is 5.32 Å². The Bertz CT molecular complexity index is 669. The molecule has 120 valence electrons. The number of carbonyl (C=O) groups is 1. The second kappa shape index (κ2) is 7.88. The molecule has 1 aliphatic rings. The highest BCUT2D eigenvalue weighted by Crippen LogP contribution is 2.45. The maximum Gasteiger partial charge on any atom is 0.251 e. The van der Waals surface area contributed by atoms with E-state index >= 15 is 0 Å². The zero-order valence-corrected chi connectivity index (χ0v) is 14.3. The van der Waals surface area contributed by atoms with Crippen molar-refractivity contribution in [3.05, 3.63) is 71.0 Å². The van der Waals surface area contributed by atoms with E-state index in [9.17, 15) is 9.18 Å². The molecule has 23 heavy (non-hydrogen) atoms. The third-order valence-electron chi connectivity index (χ3n) is 3.70. The molecule has 5 heteroatoms. The maximum absolute atomic E-state index is 13.5. The molecule has 0 unspecified atom stereocenters. The van der Waals surface area contributed by atoms with Crippen molar-refractivity contribution in [2.24, 2.45) is 0 Å². The van der Waals surface area contributed by atoms with Crippen molar-refractivity contribution in [2.75, 3.05) is 18.1 Å². The number of halogens is 1. The molecule has 2 aromatic rings. The predicted molar refractivity (Wildman–Crippen MR) is 96.5 cm³/mol. The summed E-state index contributed by atoms with van der Waals surface area (Å²) in [6.07, 6.45) is 0.492. The Balaban J connectivity index is 1.53. The first kappa shape index (κ1) is 16.4. The number of hydrogen-bond acceptors (Lipinski definition) is 3. The minimum atomic E-state index is -0.224. The van der Waals surface area contributed by atoms with Gasteiger partial charge in [-0.1, -0.05) is 30.3 Å². The van der Waals surface area contributed by atoms with Crippen LogP contribution >= 0.6 is 23.5 Å². The molecule has 1 aliphatic heterocycles. The summed E-state index contributed by atoms with van der Waals surface area (Å²) >= 11 is 3.90. The molecule has 0 aromatic heterocycles. The van der Waals surface area contributed by atoms with Crippen LogP contribution in [0.5, 0.6) is 0 Å². The quantitative estimate of drug-likeness (QED) is 0.875. The number of amides is 1. The van der Waals surface area contributed by atoms with Crippen molar-refractivity contribution in [1.29, 1.82) is 0 Å². The van der Waals surface area contributed by atoms with Crippen molar-refractivity contribution in [3.8, 4) is 0 Å². The minimum Gasteiger partial charge on any atom is -0.352 e. The summed E-state index contributed by atoms with van der Waals surface area (Å²) in [5.74, 6) is 2.04. The van der Waals surface area contributed by atoms with E-state index in [1.165, 1.54) is 23.1 Å². The van der Waals surface area contributed by atoms with E-state index in [1.54, 1.807) is 18.2 Å². The molecule has 0 spiro atoms. The summed E-state index contributed by atoms with van der Waals surface area (Å²) < 4.78 is 14.0. The highest BCUT2D eigenvalue weighted by atomic mass is 32.2. The van der Waals surface area contributed by atoms with Crippen molar-refractivity contribution in [3.63, 3.8) is 0 Å². The summed E-state index contributed by atoms with van der Waals surface area (Å²) in [4.78, 5) is 12.1. The smallest absolute Gasteiger partial charge is 0.251 e. The van der Waals surface area contributed by atoms with Gasteiger partial charge in [0, 0.05) is 23.6 Å². The van der Waals surface area contributed by atoms with Crippen LogP contribution in [0.15, 0.2) is 48.5 Å². The second-order valence-electron chi connectivity index (χ2n) is 5.29. The number of rotatable bonds is 5. The lowest BCUT2D eigenvalue weighted by atomic mass is 10.1. The maximum atomic E-state index is 13.5. The van der Waals surface area contributed by atoms with Crippen LogP contribution in [0.2, 0.25) is 0 Å². The van der Waals surface area contributed by atoms with E-state index in [1.807, 2.05) is 47.8 Å². The van der Waals surface area contributed by atoms with Crippen molar-refractivity contribution in [2.45, 2.75) is 11.0 Å². The molecular weight excluding hydrogens is 329 g/mol. The van der Waals surface area contributed by atoms with Gasteiger partial charge >= 0.3 is 0 Å². The molecular formula is C18H18FNOS2. The molecule has 0 bridgehead atoms. The zero-order chi connectivity index (χ0) is 16.1. The molecule has 2 aromatic carbocycles. The van der Waals surface area contributed by atoms with Gasteiger partial charge in [0.2, 0.25) is 0 Å². The first-order valence-corrected chi connectivity index (χ1v) is 9.68. The third kappa shape index (κ3) is 4.30. The van der Waals surface area contributed by atoms with Gasteiger partial charge in [0.25, 0.3) is 5.91 Å². The van der Waals surface area contributed by atoms with E-state index < -0.39 is 0 Å². The van der Waals surface area contributed by atoms with Gasteiger partial charge in [-0.3, -0.25) is 4.79 Å². The summed E-state index contributed by atoms with van der Waals surface area (Å²) in [7, 11) is 0. The summed E-state index contributed by atoms with van der Waals surface area (Å²) in [6, 6.07) is 14.4. The number of carbonyl (C=O) groups excluding carboxylic acids is 1. The Labute approximate surface area is 144 Å². The van der Waals surface area contributed by atoms with E-state index in [-0.39, 0.29) is 11.7 Å². The fourth-order valence-corrected chi connectivity index (χ4v) is 5.32. The van der Waals surface area contributed by atoms with Crippen molar-refractivity contribution in [1.82, 2.24) is 5.32 Å². The first-order valence-electron chi connectivity index (χ1n) is 7.59. The van der Waals surface area contributed by atoms with Crippen molar-refractivity contribution >= 4 is 29.4 Å². The summed E-state index contributed by atoms with van der Waals surface area (Å²) in [6.45, 7) is 0.426. The topological polar surface area (TPSA) is 29.1 Å². The van der Waals surface area contributed by atoms with Gasteiger partial charge in [-0.05, 0) is 35.7 Å². The first-order chi connectivity index (χ1) is 11.2. The van der Waals surface area contributed by atoms with Crippen LogP contribution in [0.4, 0.5) is 4.39 Å². The molecule has 1 saturated heterocycles. The molecule has 1 N–H and O–H groups in total. The minimum absolute atomic E-state index is 0.111. The average Bonchev–Trinajstić information content (AvgIpc) is 3.11. The zero-order valence-electron chi connectivity index (χ0n) is 12.6. The Morgan fingerprint density at radius 3 is 2.48 bits per heavy atom. The molecule has 3 rings (SSSR count). The van der Waals surface area contributed by atoms with E-state index in [0.29, 0.717) is 28.7 Å². The second-order valence-corrected chi connectivity index (χ2v) is 8.02. The van der Waals surface area contributed by atoms with Gasteiger partial charge in [-0.2, -0.15) is 0 Å². The van der Waals surface area contributed by atoms with Gasteiger partial charge in [0.15, 0.2) is 0 Å². The van der Waals surface area contributed by atoms with Crippen LogP contribution in [-0.2, 0) is 6.42 Å². The van der Waals surface area contributed by atoms with Crippen LogP contribution in [0.1, 0.15) is 26.1 Å². The van der Waals surface area contributed by atoms with Gasteiger partial charge in [-0.25, -0.2) is 4.39 Å². The SMILES string of the molecule is O=C(NCCc1ccccc1F)c1ccc(C2SCCS2)cc1. The van der Waals surface area contributed by atoms with E-state index in [4.69, 9.17) is 0 Å². The third-order valence-corrected chi connectivity index (χ3v) is 6.81. The molecule has 0 atom stereocenters. The molecule has 1 heterocycles. The molecule has 2 nitrogen and oxygen atoms in total. The Hall–Kier alpha value is -1.46. The fraction of sp³-hybridized carbons (Fsp3) is 0.278. The van der Waals surface area contributed by atoms with Crippen LogP contribution in [-0.4, -0.2) is 24.0 Å². The highest BCUT2D eigenvalue weighted by molar-refractivity contribution is 8.19. The lowest BCUT2D eigenvalue weighted by Gasteiger charge is -2.10. The molecule has 0 radical (unpaired) electrons. The molecule has 1 amide bonds. The van der Waals surface area contributed by atoms with Gasteiger partial charge in [0.1, 0.15) is 5.82 Å². The Morgan fingerprint density at radius 1 is 1.09 bits per heavy atom. The average molecular weight is 347 g/mol. The summed E-state index contributed by atoms with van der Waals surface area (Å²) in [5.41, 5.74) is 2.54. The molecule has 0 aliphatic carbocycles. The van der Waals surface area contributed by atoms with Gasteiger partial charge in [-0.15, -0.1) is 23.5 Å². The summed E-state index contributed by atoms with van der Waals surface area (Å²) in [5, 5.41) is 2.85. The molecule has 0 saturated carbocycles. The van der Waals surface area contributed by atoms with Crippen LogP contribution in [0, 0.1) is 5.82 Å².